The lowest BCUT2D eigenvalue weighted by molar-refractivity contribution is 0.0914. The topological polar surface area (TPSA) is 23.6 Å². The molecular weight excluding hydrogens is 474 g/mol. The number of halogens is 4. The molecule has 1 heterocycles. The second kappa shape index (κ2) is 9.81. The summed E-state index contributed by atoms with van der Waals surface area (Å²) in [5.74, 6) is 0.0736. The standard InChI is InChI=1S/C24H20Cl4N2O/c25-18-5-1-16(2-6-18)23-14-29(15-24(31)17-3-7-19(26)8-4-17)11-12-30(23)22-10-9-20(27)13-21(22)28/h1-10,13,23H,11-12,14-15H2/t23-/m0/s1. The third kappa shape index (κ3) is 5.36. The molecule has 0 amide bonds. The lowest BCUT2D eigenvalue weighted by Crippen LogP contribution is -2.50. The van der Waals surface area contributed by atoms with Crippen LogP contribution in [0.15, 0.2) is 66.7 Å². The zero-order valence-corrected chi connectivity index (χ0v) is 19.6. The Labute approximate surface area is 202 Å². The molecule has 3 nitrogen and oxygen atoms in total. The van der Waals surface area contributed by atoms with Crippen LogP contribution in [0.25, 0.3) is 0 Å². The number of ketones is 1. The maximum atomic E-state index is 12.8. The molecule has 0 aromatic heterocycles. The predicted molar refractivity (Wildman–Crippen MR) is 130 cm³/mol. The SMILES string of the molecule is O=C(CN1CCN(c2ccc(Cl)cc2Cl)[C@H](c2ccc(Cl)cc2)C1)c1ccc(Cl)cc1. The van der Waals surface area contributed by atoms with Gasteiger partial charge in [-0.1, -0.05) is 58.5 Å². The highest BCUT2D eigenvalue weighted by atomic mass is 35.5. The summed E-state index contributed by atoms with van der Waals surface area (Å²) in [4.78, 5) is 17.2. The Bertz CT molecular complexity index is 1070. The molecule has 7 heteroatoms. The van der Waals surface area contributed by atoms with Gasteiger partial charge in [-0.2, -0.15) is 0 Å². The molecule has 0 radical (unpaired) electrons. The third-order valence-electron chi connectivity index (χ3n) is 5.47. The average molecular weight is 494 g/mol. The Morgan fingerprint density at radius 2 is 1.42 bits per heavy atom. The number of nitrogens with zero attached hydrogens (tertiary/aromatic N) is 2. The maximum Gasteiger partial charge on any atom is 0.176 e. The van der Waals surface area contributed by atoms with E-state index in [4.69, 9.17) is 46.4 Å². The van der Waals surface area contributed by atoms with Crippen molar-refractivity contribution in [2.75, 3.05) is 31.1 Å². The van der Waals surface area contributed by atoms with E-state index in [1.54, 1.807) is 30.3 Å². The van der Waals surface area contributed by atoms with Crippen molar-refractivity contribution in [1.82, 2.24) is 4.90 Å². The van der Waals surface area contributed by atoms with Gasteiger partial charge >= 0.3 is 0 Å². The minimum atomic E-state index is 0.0164. The minimum absolute atomic E-state index is 0.0164. The highest BCUT2D eigenvalue weighted by Crippen LogP contribution is 2.36. The molecule has 0 unspecified atom stereocenters. The van der Waals surface area contributed by atoms with Crippen LogP contribution in [0.4, 0.5) is 5.69 Å². The van der Waals surface area contributed by atoms with Crippen molar-refractivity contribution in [1.29, 1.82) is 0 Å². The minimum Gasteiger partial charge on any atom is -0.361 e. The average Bonchev–Trinajstić information content (AvgIpc) is 2.75. The van der Waals surface area contributed by atoms with Gasteiger partial charge in [0.1, 0.15) is 0 Å². The Morgan fingerprint density at radius 1 is 0.806 bits per heavy atom. The van der Waals surface area contributed by atoms with E-state index in [0.29, 0.717) is 38.7 Å². The van der Waals surface area contributed by atoms with E-state index in [0.717, 1.165) is 24.3 Å². The van der Waals surface area contributed by atoms with Crippen LogP contribution in [-0.4, -0.2) is 36.9 Å². The maximum absolute atomic E-state index is 12.8. The van der Waals surface area contributed by atoms with Crippen LogP contribution in [0, 0.1) is 0 Å². The van der Waals surface area contributed by atoms with Crippen LogP contribution in [0.2, 0.25) is 20.1 Å². The van der Waals surface area contributed by atoms with E-state index in [-0.39, 0.29) is 11.8 Å². The van der Waals surface area contributed by atoms with Gasteiger partial charge in [0.15, 0.2) is 5.78 Å². The second-order valence-electron chi connectivity index (χ2n) is 7.52. The van der Waals surface area contributed by atoms with Crippen LogP contribution >= 0.6 is 46.4 Å². The summed E-state index contributed by atoms with van der Waals surface area (Å²) in [5.41, 5.74) is 2.70. The summed E-state index contributed by atoms with van der Waals surface area (Å²) in [7, 11) is 0. The molecule has 1 aliphatic heterocycles. The summed E-state index contributed by atoms with van der Waals surface area (Å²) in [6.07, 6.45) is 0. The van der Waals surface area contributed by atoms with E-state index in [1.165, 1.54) is 0 Å². The molecule has 31 heavy (non-hydrogen) atoms. The molecule has 0 bridgehead atoms. The van der Waals surface area contributed by atoms with Gasteiger partial charge in [0.05, 0.1) is 23.3 Å². The highest BCUT2D eigenvalue weighted by Gasteiger charge is 2.30. The first kappa shape index (κ1) is 22.4. The smallest absolute Gasteiger partial charge is 0.176 e. The van der Waals surface area contributed by atoms with Gasteiger partial charge in [-0.15, -0.1) is 0 Å². The van der Waals surface area contributed by atoms with E-state index in [9.17, 15) is 4.79 Å². The zero-order chi connectivity index (χ0) is 22.0. The van der Waals surface area contributed by atoms with Gasteiger partial charge in [-0.3, -0.25) is 9.69 Å². The molecular formula is C24H20Cl4N2O. The quantitative estimate of drug-likeness (QED) is 0.356. The molecule has 4 rings (SSSR count). The molecule has 1 atom stereocenters. The Kier molecular flexibility index (Phi) is 7.10. The lowest BCUT2D eigenvalue weighted by atomic mass is 10.0. The van der Waals surface area contributed by atoms with E-state index >= 15 is 0 Å². The largest absolute Gasteiger partial charge is 0.361 e. The molecule has 160 valence electrons. The van der Waals surface area contributed by atoms with E-state index in [2.05, 4.69) is 9.80 Å². The molecule has 3 aromatic rings. The summed E-state index contributed by atoms with van der Waals surface area (Å²) < 4.78 is 0. The molecule has 0 N–H and O–H groups in total. The fourth-order valence-corrected chi connectivity index (χ4v) is 4.66. The van der Waals surface area contributed by atoms with E-state index < -0.39 is 0 Å². The first-order valence-corrected chi connectivity index (χ1v) is 11.4. The third-order valence-corrected chi connectivity index (χ3v) is 6.51. The van der Waals surface area contributed by atoms with Crippen molar-refractivity contribution in [3.63, 3.8) is 0 Å². The number of Topliss-reactive ketones (excluding diaryl/α,β-unsaturated/α-hetero) is 1. The van der Waals surface area contributed by atoms with Gasteiger partial charge in [0, 0.05) is 40.3 Å². The summed E-state index contributed by atoms with van der Waals surface area (Å²) in [5, 5.41) is 2.51. The van der Waals surface area contributed by atoms with Gasteiger partial charge in [-0.05, 0) is 60.2 Å². The van der Waals surface area contributed by atoms with Crippen molar-refractivity contribution in [2.45, 2.75) is 6.04 Å². The fourth-order valence-electron chi connectivity index (χ4n) is 3.89. The van der Waals surface area contributed by atoms with Crippen molar-refractivity contribution in [2.24, 2.45) is 0 Å². The number of carbonyl (C=O) groups is 1. The Balaban J connectivity index is 1.58. The highest BCUT2D eigenvalue weighted by molar-refractivity contribution is 6.36. The fraction of sp³-hybridized carbons (Fsp3) is 0.208. The van der Waals surface area contributed by atoms with Crippen LogP contribution in [0.1, 0.15) is 22.0 Å². The number of benzene rings is 3. The van der Waals surface area contributed by atoms with Crippen LogP contribution < -0.4 is 4.90 Å². The molecule has 1 saturated heterocycles. The number of carbonyl (C=O) groups excluding carboxylic acids is 1. The van der Waals surface area contributed by atoms with Crippen molar-refractivity contribution >= 4 is 57.9 Å². The Hall–Kier alpha value is -1.75. The summed E-state index contributed by atoms with van der Waals surface area (Å²) >= 11 is 24.7. The number of hydrogen-bond acceptors (Lipinski definition) is 3. The monoisotopic (exact) mass is 492 g/mol. The number of rotatable bonds is 5. The first-order valence-electron chi connectivity index (χ1n) is 9.89. The van der Waals surface area contributed by atoms with Gasteiger partial charge in [0.2, 0.25) is 0 Å². The zero-order valence-electron chi connectivity index (χ0n) is 16.6. The normalized spacial score (nSPS) is 17.0. The van der Waals surface area contributed by atoms with Crippen molar-refractivity contribution in [3.05, 3.63) is 97.9 Å². The number of hydrogen-bond donors (Lipinski definition) is 0. The molecule has 0 aliphatic carbocycles. The van der Waals surface area contributed by atoms with Crippen LogP contribution in [0.3, 0.4) is 0 Å². The van der Waals surface area contributed by atoms with Crippen LogP contribution in [-0.2, 0) is 0 Å². The molecule has 0 saturated carbocycles. The molecule has 0 spiro atoms. The Morgan fingerprint density at radius 3 is 2.06 bits per heavy atom. The van der Waals surface area contributed by atoms with Crippen LogP contribution in [0.5, 0.6) is 0 Å². The first-order chi connectivity index (χ1) is 14.9. The summed E-state index contributed by atoms with van der Waals surface area (Å²) in [6.45, 7) is 2.48. The molecule has 1 fully saturated rings. The van der Waals surface area contributed by atoms with Gasteiger partial charge in [0.25, 0.3) is 0 Å². The number of anilines is 1. The van der Waals surface area contributed by atoms with Crippen molar-refractivity contribution < 1.29 is 4.79 Å². The second-order valence-corrected chi connectivity index (χ2v) is 9.24. The predicted octanol–water partition coefficient (Wildman–Crippen LogP) is 7.05. The van der Waals surface area contributed by atoms with Gasteiger partial charge in [-0.25, -0.2) is 0 Å². The number of piperazine rings is 1. The van der Waals surface area contributed by atoms with E-state index in [1.807, 2.05) is 36.4 Å². The van der Waals surface area contributed by atoms with Crippen molar-refractivity contribution in [3.8, 4) is 0 Å². The lowest BCUT2D eigenvalue weighted by Gasteiger charge is -2.43. The van der Waals surface area contributed by atoms with Gasteiger partial charge < -0.3 is 4.90 Å². The summed E-state index contributed by atoms with van der Waals surface area (Å²) in [6, 6.07) is 20.4. The molecule has 1 aliphatic rings. The molecule has 3 aromatic carbocycles.